The molecule has 1 aliphatic carbocycles. The minimum Gasteiger partial charge on any atom is -0.143 e. The number of rotatable bonds is 1. The van der Waals surface area contributed by atoms with Gasteiger partial charge in [0.25, 0.3) is 0 Å². The molecule has 16 heavy (non-hydrogen) atoms. The van der Waals surface area contributed by atoms with E-state index in [9.17, 15) is 0 Å². The highest BCUT2D eigenvalue weighted by Crippen LogP contribution is 2.39. The molecule has 2 rings (SSSR count). The minimum atomic E-state index is 0.341. The summed E-state index contributed by atoms with van der Waals surface area (Å²) in [6.45, 7) is 8.89. The lowest BCUT2D eigenvalue weighted by molar-refractivity contribution is 0.375. The van der Waals surface area contributed by atoms with Crippen LogP contribution in [0.2, 0.25) is 0 Å². The molecule has 2 heteroatoms. The topological polar surface area (TPSA) is 0 Å². The molecule has 0 saturated heterocycles. The Morgan fingerprint density at radius 2 is 2.06 bits per heavy atom. The van der Waals surface area contributed by atoms with Gasteiger partial charge in [0, 0.05) is 15.3 Å². The number of hydrogen-bond acceptors (Lipinski definition) is 2. The molecule has 0 atom stereocenters. The number of thiocarbonyl (C=S) groups is 1. The molecule has 0 spiro atoms. The fraction of sp³-hybridized carbons (Fsp3) is 0.500. The summed E-state index contributed by atoms with van der Waals surface area (Å²) < 4.78 is 0. The van der Waals surface area contributed by atoms with Crippen molar-refractivity contribution in [3.05, 3.63) is 27.0 Å². The summed E-state index contributed by atoms with van der Waals surface area (Å²) in [5, 5.41) is 2.29. The van der Waals surface area contributed by atoms with Crippen molar-refractivity contribution in [2.75, 3.05) is 0 Å². The Balaban J connectivity index is 2.48. The highest BCUT2D eigenvalue weighted by molar-refractivity contribution is 7.80. The second kappa shape index (κ2) is 4.08. The van der Waals surface area contributed by atoms with E-state index >= 15 is 0 Å². The smallest absolute Gasteiger partial charge is 0.0356 e. The van der Waals surface area contributed by atoms with Crippen molar-refractivity contribution in [3.8, 4) is 0 Å². The zero-order valence-corrected chi connectivity index (χ0v) is 12.0. The molecule has 0 N–H and O–H groups in total. The first-order valence-corrected chi connectivity index (χ1v) is 6.96. The second-order valence-electron chi connectivity index (χ2n) is 5.66. The number of fused-ring (bicyclic) bond motifs is 1. The van der Waals surface area contributed by atoms with Gasteiger partial charge < -0.3 is 0 Å². The maximum absolute atomic E-state index is 5.58. The zero-order valence-electron chi connectivity index (χ0n) is 10.4. The molecule has 0 aliphatic heterocycles. The molecule has 0 radical (unpaired) electrons. The normalized spacial score (nSPS) is 18.1. The zero-order chi connectivity index (χ0) is 11.9. The largest absolute Gasteiger partial charge is 0.143 e. The van der Waals surface area contributed by atoms with Crippen LogP contribution >= 0.6 is 23.6 Å². The molecule has 0 fully saturated rings. The van der Waals surface area contributed by atoms with Crippen LogP contribution in [0.4, 0.5) is 0 Å². The molecule has 0 aromatic carbocycles. The summed E-state index contributed by atoms with van der Waals surface area (Å²) in [5.41, 5.74) is 4.50. The van der Waals surface area contributed by atoms with E-state index < -0.39 is 0 Å². The van der Waals surface area contributed by atoms with E-state index in [1.54, 1.807) is 0 Å². The summed E-state index contributed by atoms with van der Waals surface area (Å²) in [7, 11) is 0. The van der Waals surface area contributed by atoms with Crippen LogP contribution in [0.15, 0.2) is 11.0 Å². The predicted octanol–water partition coefficient (Wildman–Crippen LogP) is 4.86. The van der Waals surface area contributed by atoms with E-state index in [-0.39, 0.29) is 0 Å². The van der Waals surface area contributed by atoms with Crippen LogP contribution in [0.1, 0.15) is 50.1 Å². The molecule has 0 saturated carbocycles. The van der Waals surface area contributed by atoms with E-state index in [1.165, 1.54) is 21.6 Å². The monoisotopic (exact) mass is 250 g/mol. The number of thiophene rings is 1. The molecule has 0 bridgehead atoms. The van der Waals surface area contributed by atoms with Crippen molar-refractivity contribution in [3.63, 3.8) is 0 Å². The van der Waals surface area contributed by atoms with Crippen LogP contribution in [-0.4, -0.2) is 4.86 Å². The summed E-state index contributed by atoms with van der Waals surface area (Å²) in [6, 6.07) is 0. The third kappa shape index (κ3) is 2.28. The predicted molar refractivity (Wildman–Crippen MR) is 77.4 cm³/mol. The highest BCUT2D eigenvalue weighted by atomic mass is 32.1. The Morgan fingerprint density at radius 3 is 2.69 bits per heavy atom. The molecular formula is C14H18S2. The van der Waals surface area contributed by atoms with Gasteiger partial charge in [0.05, 0.1) is 0 Å². The SMILES string of the molecule is CC(C)=Cc1scc2c1C(=S)CC(C)(C)C2. The second-order valence-corrected chi connectivity index (χ2v) is 7.07. The molecule has 0 unspecified atom stereocenters. The van der Waals surface area contributed by atoms with Gasteiger partial charge in [0.1, 0.15) is 0 Å². The van der Waals surface area contributed by atoms with Gasteiger partial charge in [-0.15, -0.1) is 11.3 Å². The van der Waals surface area contributed by atoms with Gasteiger partial charge in [-0.1, -0.05) is 31.6 Å². The van der Waals surface area contributed by atoms with Crippen molar-refractivity contribution in [2.45, 2.75) is 40.5 Å². The van der Waals surface area contributed by atoms with Crippen molar-refractivity contribution in [1.29, 1.82) is 0 Å². The first-order valence-electron chi connectivity index (χ1n) is 5.67. The Labute approximate surface area is 107 Å². The van der Waals surface area contributed by atoms with Crippen LogP contribution in [-0.2, 0) is 6.42 Å². The Kier molecular flexibility index (Phi) is 3.06. The van der Waals surface area contributed by atoms with Crippen LogP contribution in [0.3, 0.4) is 0 Å². The number of allylic oxidation sites excluding steroid dienone is 1. The molecule has 1 aromatic rings. The molecule has 0 nitrogen and oxygen atoms in total. The van der Waals surface area contributed by atoms with E-state index in [2.05, 4.69) is 39.2 Å². The van der Waals surface area contributed by atoms with Crippen molar-refractivity contribution < 1.29 is 0 Å². The number of hydrogen-bond donors (Lipinski definition) is 0. The third-order valence-electron chi connectivity index (χ3n) is 2.90. The fourth-order valence-electron chi connectivity index (χ4n) is 2.33. The van der Waals surface area contributed by atoms with Crippen LogP contribution in [0.5, 0.6) is 0 Å². The molecule has 1 heterocycles. The van der Waals surface area contributed by atoms with E-state index in [0.29, 0.717) is 5.41 Å². The minimum absolute atomic E-state index is 0.341. The maximum Gasteiger partial charge on any atom is 0.0356 e. The summed E-state index contributed by atoms with van der Waals surface area (Å²) >= 11 is 7.42. The van der Waals surface area contributed by atoms with Gasteiger partial charge in [-0.05, 0) is 49.1 Å². The molecular weight excluding hydrogens is 232 g/mol. The summed E-state index contributed by atoms with van der Waals surface area (Å²) in [5.74, 6) is 0. The lowest BCUT2D eigenvalue weighted by Gasteiger charge is -2.30. The first-order chi connectivity index (χ1) is 7.39. The van der Waals surface area contributed by atoms with Gasteiger partial charge in [-0.25, -0.2) is 0 Å². The summed E-state index contributed by atoms with van der Waals surface area (Å²) in [6.07, 6.45) is 4.47. The third-order valence-corrected chi connectivity index (χ3v) is 4.23. The van der Waals surface area contributed by atoms with Gasteiger partial charge in [0.15, 0.2) is 0 Å². The van der Waals surface area contributed by atoms with Gasteiger partial charge in [-0.3, -0.25) is 0 Å². The Morgan fingerprint density at radius 1 is 1.38 bits per heavy atom. The fourth-order valence-corrected chi connectivity index (χ4v) is 4.17. The van der Waals surface area contributed by atoms with Crippen LogP contribution < -0.4 is 0 Å². The maximum atomic E-state index is 5.58. The van der Waals surface area contributed by atoms with E-state index in [0.717, 1.165) is 17.7 Å². The lowest BCUT2D eigenvalue weighted by Crippen LogP contribution is -2.25. The summed E-state index contributed by atoms with van der Waals surface area (Å²) in [4.78, 5) is 2.51. The Hall–Kier alpha value is -0.470. The van der Waals surface area contributed by atoms with Crippen LogP contribution in [0, 0.1) is 5.41 Å². The van der Waals surface area contributed by atoms with Crippen molar-refractivity contribution in [2.24, 2.45) is 5.41 Å². The molecule has 86 valence electrons. The van der Waals surface area contributed by atoms with E-state index in [4.69, 9.17) is 12.2 Å². The lowest BCUT2D eigenvalue weighted by atomic mass is 9.75. The van der Waals surface area contributed by atoms with Gasteiger partial charge >= 0.3 is 0 Å². The first kappa shape index (κ1) is 12.0. The van der Waals surface area contributed by atoms with E-state index in [1.807, 2.05) is 11.3 Å². The van der Waals surface area contributed by atoms with Gasteiger partial charge in [0.2, 0.25) is 0 Å². The molecule has 1 aliphatic rings. The average molecular weight is 250 g/mol. The van der Waals surface area contributed by atoms with Crippen molar-refractivity contribution >= 4 is 34.5 Å². The van der Waals surface area contributed by atoms with Crippen molar-refractivity contribution in [1.82, 2.24) is 0 Å². The molecule has 1 aromatic heterocycles. The molecule has 0 amide bonds. The Bertz CT molecular complexity index is 457. The highest BCUT2D eigenvalue weighted by Gasteiger charge is 2.30. The quantitative estimate of drug-likeness (QED) is 0.641. The van der Waals surface area contributed by atoms with Gasteiger partial charge in [-0.2, -0.15) is 0 Å². The standard InChI is InChI=1S/C14H18S2/c1-9(2)5-12-13-10(8-16-12)6-14(3,4)7-11(13)15/h5,8H,6-7H2,1-4H3. The average Bonchev–Trinajstić information content (AvgIpc) is 2.44. The van der Waals surface area contributed by atoms with Crippen LogP contribution in [0.25, 0.3) is 6.08 Å².